The van der Waals surface area contributed by atoms with Gasteiger partial charge in [-0.2, -0.15) is 13.9 Å². The Bertz CT molecular complexity index is 1560. The number of ether oxygens (including phenoxy) is 2. The first kappa shape index (κ1) is 28.5. The predicted molar refractivity (Wildman–Crippen MR) is 135 cm³/mol. The van der Waals surface area contributed by atoms with Gasteiger partial charge in [-0.25, -0.2) is 32.6 Å². The molecule has 0 aliphatic rings. The third-order valence-corrected chi connectivity index (χ3v) is 5.61. The average Bonchev–Trinajstić information content (AvgIpc) is 3.24. The number of benzene rings is 2. The molecule has 2 aromatic carbocycles. The number of anilines is 1. The summed E-state index contributed by atoms with van der Waals surface area (Å²) in [6.45, 7) is 5.87. The molecular formula is C26H25F5N6O3. The summed E-state index contributed by atoms with van der Waals surface area (Å²) in [5, 5.41) is 4.70. The zero-order valence-corrected chi connectivity index (χ0v) is 21.9. The summed E-state index contributed by atoms with van der Waals surface area (Å²) in [6, 6.07) is 3.15. The number of hydrogen-bond donors (Lipinski definition) is 1. The summed E-state index contributed by atoms with van der Waals surface area (Å²) >= 11 is 0. The molecule has 14 heteroatoms. The van der Waals surface area contributed by atoms with Crippen molar-refractivity contribution in [2.45, 2.75) is 39.3 Å². The Labute approximate surface area is 225 Å². The second-order valence-electron chi connectivity index (χ2n) is 9.83. The maximum atomic E-state index is 15.2. The molecule has 4 aromatic rings. The van der Waals surface area contributed by atoms with E-state index in [2.05, 4.69) is 15.1 Å². The van der Waals surface area contributed by atoms with Crippen molar-refractivity contribution in [3.8, 4) is 22.8 Å². The van der Waals surface area contributed by atoms with Gasteiger partial charge in [-0.05, 0) is 39.3 Å². The molecule has 212 valence electrons. The fraction of sp³-hybridized carbons (Fsp3) is 0.308. The fourth-order valence-electron chi connectivity index (χ4n) is 3.77. The number of nitrogens with two attached hydrogens (primary N) is 1. The maximum absolute atomic E-state index is 15.2. The van der Waals surface area contributed by atoms with Gasteiger partial charge in [-0.15, -0.1) is 0 Å². The predicted octanol–water partition coefficient (Wildman–Crippen LogP) is 5.82. The molecule has 9 nitrogen and oxygen atoms in total. The van der Waals surface area contributed by atoms with Crippen LogP contribution in [0.4, 0.5) is 32.6 Å². The number of aromatic nitrogens is 4. The van der Waals surface area contributed by atoms with Gasteiger partial charge < -0.3 is 20.1 Å². The molecule has 0 radical (unpaired) electrons. The number of fused-ring (bicyclic) bond motifs is 1. The van der Waals surface area contributed by atoms with Gasteiger partial charge in [0.1, 0.15) is 35.0 Å². The second-order valence-corrected chi connectivity index (χ2v) is 9.83. The Kier molecular flexibility index (Phi) is 7.80. The highest BCUT2D eigenvalue weighted by atomic mass is 19.2. The first-order valence-corrected chi connectivity index (χ1v) is 12.0. The van der Waals surface area contributed by atoms with E-state index in [1.54, 1.807) is 27.8 Å². The van der Waals surface area contributed by atoms with Crippen molar-refractivity contribution in [3.05, 3.63) is 59.7 Å². The van der Waals surface area contributed by atoms with Crippen LogP contribution in [0, 0.1) is 29.1 Å². The molecule has 0 aliphatic heterocycles. The number of carbonyl (C=O) groups excluding carboxylic acids is 1. The molecule has 0 unspecified atom stereocenters. The first-order chi connectivity index (χ1) is 18.8. The van der Waals surface area contributed by atoms with E-state index >= 15 is 4.39 Å². The smallest absolute Gasteiger partial charge is 0.410 e. The normalized spacial score (nSPS) is 11.6. The van der Waals surface area contributed by atoms with Crippen molar-refractivity contribution in [2.75, 3.05) is 19.3 Å². The molecule has 0 spiro atoms. The Morgan fingerprint density at radius 1 is 1.02 bits per heavy atom. The second kappa shape index (κ2) is 10.9. The summed E-state index contributed by atoms with van der Waals surface area (Å²) in [6.07, 6.45) is 1.17. The summed E-state index contributed by atoms with van der Waals surface area (Å²) in [7, 11) is 1.59. The Morgan fingerprint density at radius 3 is 2.33 bits per heavy atom. The molecule has 0 saturated heterocycles. The number of rotatable bonds is 7. The summed E-state index contributed by atoms with van der Waals surface area (Å²) in [5.74, 6) is -9.57. The lowest BCUT2D eigenvalue weighted by molar-refractivity contribution is 0.0295. The van der Waals surface area contributed by atoms with Crippen molar-refractivity contribution in [1.29, 1.82) is 0 Å². The van der Waals surface area contributed by atoms with E-state index in [4.69, 9.17) is 15.2 Å². The highest BCUT2D eigenvalue weighted by molar-refractivity contribution is 5.98. The lowest BCUT2D eigenvalue weighted by atomic mass is 10.1. The summed E-state index contributed by atoms with van der Waals surface area (Å²) in [4.78, 5) is 21.8. The molecule has 0 bridgehead atoms. The van der Waals surface area contributed by atoms with E-state index in [0.29, 0.717) is 18.6 Å². The standard InChI is InChI=1S/C26H25F5N6O3/c1-26(2,3)40-25(38)36(4)8-5-9-37-24-18(23(32)33-12-34-24)21(35-37)14-7-6-13(10-15(14)27)39-22-19(30)16(28)11-17(29)20(22)31/h6-7,10-12H,5,8-9H2,1-4H3,(H2,32,33,34). The topological polar surface area (TPSA) is 108 Å². The molecule has 2 heterocycles. The van der Waals surface area contributed by atoms with Crippen LogP contribution in [0.1, 0.15) is 27.2 Å². The van der Waals surface area contributed by atoms with E-state index in [0.717, 1.165) is 12.1 Å². The van der Waals surface area contributed by atoms with Crippen molar-refractivity contribution in [3.63, 3.8) is 0 Å². The molecule has 1 amide bonds. The van der Waals surface area contributed by atoms with E-state index in [9.17, 15) is 22.4 Å². The number of halogens is 5. The molecule has 2 N–H and O–H groups in total. The largest absolute Gasteiger partial charge is 0.451 e. The van der Waals surface area contributed by atoms with E-state index in [1.807, 2.05) is 0 Å². The van der Waals surface area contributed by atoms with Crippen LogP contribution in [0.3, 0.4) is 0 Å². The molecular weight excluding hydrogens is 539 g/mol. The monoisotopic (exact) mass is 564 g/mol. The third-order valence-electron chi connectivity index (χ3n) is 5.61. The number of aryl methyl sites for hydroxylation is 1. The molecule has 4 rings (SSSR count). The average molecular weight is 565 g/mol. The van der Waals surface area contributed by atoms with Crippen LogP contribution in [-0.2, 0) is 11.3 Å². The quantitative estimate of drug-likeness (QED) is 0.223. The molecule has 40 heavy (non-hydrogen) atoms. The van der Waals surface area contributed by atoms with Gasteiger partial charge in [0.05, 0.1) is 5.39 Å². The van der Waals surface area contributed by atoms with Crippen LogP contribution in [-0.4, -0.2) is 49.9 Å². The van der Waals surface area contributed by atoms with Crippen molar-refractivity contribution in [1.82, 2.24) is 24.6 Å². The van der Waals surface area contributed by atoms with Gasteiger partial charge in [0, 0.05) is 37.8 Å². The molecule has 2 aromatic heterocycles. The van der Waals surface area contributed by atoms with Gasteiger partial charge in [0.25, 0.3) is 0 Å². The SMILES string of the molecule is CN(CCCn1nc(-c2ccc(Oc3c(F)c(F)cc(F)c3F)cc2F)c2c(N)ncnc21)C(=O)OC(C)(C)C. The molecule has 0 atom stereocenters. The van der Waals surface area contributed by atoms with Gasteiger partial charge in [-0.3, -0.25) is 0 Å². The van der Waals surface area contributed by atoms with Crippen LogP contribution in [0.15, 0.2) is 30.6 Å². The number of carbonyl (C=O) groups is 1. The number of nitrogens with zero attached hydrogens (tertiary/aromatic N) is 5. The number of nitrogen functional groups attached to an aromatic ring is 1. The van der Waals surface area contributed by atoms with E-state index in [-0.39, 0.29) is 35.1 Å². The lowest BCUT2D eigenvalue weighted by Crippen LogP contribution is -2.35. The van der Waals surface area contributed by atoms with Crippen LogP contribution >= 0.6 is 0 Å². The minimum absolute atomic E-state index is 0.0243. The fourth-order valence-corrected chi connectivity index (χ4v) is 3.77. The minimum Gasteiger partial charge on any atom is -0.451 e. The van der Waals surface area contributed by atoms with Crippen LogP contribution < -0.4 is 10.5 Å². The first-order valence-electron chi connectivity index (χ1n) is 12.0. The Balaban J connectivity index is 1.60. The van der Waals surface area contributed by atoms with Crippen LogP contribution in [0.2, 0.25) is 0 Å². The van der Waals surface area contributed by atoms with Crippen LogP contribution in [0.25, 0.3) is 22.3 Å². The summed E-state index contributed by atoms with van der Waals surface area (Å²) < 4.78 is 82.0. The Hall–Kier alpha value is -4.49. The molecule has 0 fully saturated rings. The highest BCUT2D eigenvalue weighted by Crippen LogP contribution is 2.36. The minimum atomic E-state index is -1.77. The molecule has 0 aliphatic carbocycles. The van der Waals surface area contributed by atoms with Crippen molar-refractivity contribution in [2.24, 2.45) is 0 Å². The van der Waals surface area contributed by atoms with E-state index < -0.39 is 52.3 Å². The zero-order valence-electron chi connectivity index (χ0n) is 21.9. The van der Waals surface area contributed by atoms with Crippen molar-refractivity contribution < 1.29 is 36.2 Å². The molecule has 0 saturated carbocycles. The lowest BCUT2D eigenvalue weighted by Gasteiger charge is -2.24. The van der Waals surface area contributed by atoms with Crippen molar-refractivity contribution >= 4 is 22.9 Å². The van der Waals surface area contributed by atoms with Gasteiger partial charge in [-0.1, -0.05) is 0 Å². The Morgan fingerprint density at radius 2 is 1.70 bits per heavy atom. The van der Waals surface area contributed by atoms with Gasteiger partial charge in [0.15, 0.2) is 17.3 Å². The zero-order chi connectivity index (χ0) is 29.4. The third kappa shape index (κ3) is 5.90. The van der Waals surface area contributed by atoms with Gasteiger partial charge in [0.2, 0.25) is 17.4 Å². The number of hydrogen-bond acceptors (Lipinski definition) is 7. The van der Waals surface area contributed by atoms with Gasteiger partial charge >= 0.3 is 6.09 Å². The highest BCUT2D eigenvalue weighted by Gasteiger charge is 2.24. The maximum Gasteiger partial charge on any atom is 0.410 e. The number of amides is 1. The van der Waals surface area contributed by atoms with Crippen LogP contribution in [0.5, 0.6) is 11.5 Å². The van der Waals surface area contributed by atoms with E-state index in [1.165, 1.54) is 22.0 Å². The summed E-state index contributed by atoms with van der Waals surface area (Å²) in [5.41, 5.74) is 5.71.